The zero-order chi connectivity index (χ0) is 6.97. The highest BCUT2D eigenvalue weighted by molar-refractivity contribution is 5.27. The first-order valence-corrected chi connectivity index (χ1v) is 3.70. The third-order valence-electron chi connectivity index (χ3n) is 1.95. The molecule has 1 aliphatic heterocycles. The van der Waals surface area contributed by atoms with Crippen molar-refractivity contribution < 1.29 is 5.21 Å². The summed E-state index contributed by atoms with van der Waals surface area (Å²) in [4.78, 5) is 0. The molecule has 0 aromatic carbocycles. The van der Waals surface area contributed by atoms with Gasteiger partial charge in [-0.15, -0.1) is 0 Å². The molecule has 1 heterocycles. The van der Waals surface area contributed by atoms with Crippen LogP contribution >= 0.6 is 0 Å². The van der Waals surface area contributed by atoms with Crippen molar-refractivity contribution in [2.75, 3.05) is 6.54 Å². The fraction of sp³-hybridized carbons (Fsp3) is 0.500. The van der Waals surface area contributed by atoms with E-state index in [0.29, 0.717) is 6.54 Å². The van der Waals surface area contributed by atoms with Gasteiger partial charge in [0.05, 0.1) is 6.54 Å². The minimum atomic E-state index is 0.635. The summed E-state index contributed by atoms with van der Waals surface area (Å²) >= 11 is 0. The van der Waals surface area contributed by atoms with E-state index in [1.165, 1.54) is 23.5 Å². The van der Waals surface area contributed by atoms with Crippen LogP contribution in [0.3, 0.4) is 0 Å². The lowest BCUT2D eigenvalue weighted by molar-refractivity contribution is -0.0314. The topological polar surface area (TPSA) is 23.5 Å². The van der Waals surface area contributed by atoms with Crippen molar-refractivity contribution in [1.29, 1.82) is 0 Å². The molecule has 0 amide bonds. The lowest BCUT2D eigenvalue weighted by Gasteiger charge is -2.15. The summed E-state index contributed by atoms with van der Waals surface area (Å²) in [6.07, 6.45) is 8.53. The maximum atomic E-state index is 9.06. The fourth-order valence-corrected chi connectivity index (χ4v) is 1.22. The van der Waals surface area contributed by atoms with Crippen LogP contribution in [-0.2, 0) is 0 Å². The molecule has 0 spiro atoms. The van der Waals surface area contributed by atoms with Gasteiger partial charge in [0.2, 0.25) is 0 Å². The highest BCUT2D eigenvalue weighted by Crippen LogP contribution is 2.37. The predicted molar refractivity (Wildman–Crippen MR) is 38.4 cm³/mol. The van der Waals surface area contributed by atoms with Crippen LogP contribution in [0, 0.1) is 5.92 Å². The SMILES string of the molecule is ON1C=C(C2CC2)C=CC1. The summed E-state index contributed by atoms with van der Waals surface area (Å²) in [5.41, 5.74) is 1.29. The molecule has 2 nitrogen and oxygen atoms in total. The summed E-state index contributed by atoms with van der Waals surface area (Å²) in [6.45, 7) is 0.635. The fourth-order valence-electron chi connectivity index (χ4n) is 1.22. The Morgan fingerprint density at radius 3 is 2.90 bits per heavy atom. The molecule has 1 N–H and O–H groups in total. The second kappa shape index (κ2) is 2.13. The zero-order valence-corrected chi connectivity index (χ0v) is 5.83. The van der Waals surface area contributed by atoms with Gasteiger partial charge in [0.15, 0.2) is 0 Å². The van der Waals surface area contributed by atoms with Gasteiger partial charge in [-0.2, -0.15) is 0 Å². The second-order valence-electron chi connectivity index (χ2n) is 2.93. The van der Waals surface area contributed by atoms with E-state index in [1.54, 1.807) is 0 Å². The van der Waals surface area contributed by atoms with E-state index in [1.807, 2.05) is 12.3 Å². The molecule has 0 saturated heterocycles. The first-order valence-electron chi connectivity index (χ1n) is 3.70. The van der Waals surface area contributed by atoms with Gasteiger partial charge >= 0.3 is 0 Å². The van der Waals surface area contributed by atoms with E-state index in [0.717, 1.165) is 5.92 Å². The van der Waals surface area contributed by atoms with Crippen LogP contribution in [-0.4, -0.2) is 16.8 Å². The van der Waals surface area contributed by atoms with Crippen LogP contribution < -0.4 is 0 Å². The first-order chi connectivity index (χ1) is 4.86. The van der Waals surface area contributed by atoms with E-state index in [4.69, 9.17) is 5.21 Å². The van der Waals surface area contributed by atoms with Gasteiger partial charge in [-0.1, -0.05) is 12.2 Å². The van der Waals surface area contributed by atoms with Crippen LogP contribution in [0.4, 0.5) is 0 Å². The van der Waals surface area contributed by atoms with E-state index < -0.39 is 0 Å². The van der Waals surface area contributed by atoms with Crippen molar-refractivity contribution in [3.05, 3.63) is 23.9 Å². The molecular weight excluding hydrogens is 126 g/mol. The van der Waals surface area contributed by atoms with Crippen molar-refractivity contribution in [3.63, 3.8) is 0 Å². The molecular formula is C8H11NO. The van der Waals surface area contributed by atoms with Crippen LogP contribution in [0.15, 0.2) is 23.9 Å². The van der Waals surface area contributed by atoms with Crippen molar-refractivity contribution >= 4 is 0 Å². The quantitative estimate of drug-likeness (QED) is 0.592. The Kier molecular flexibility index (Phi) is 1.27. The number of hydrogen-bond donors (Lipinski definition) is 1. The summed E-state index contributed by atoms with van der Waals surface area (Å²) < 4.78 is 0. The number of rotatable bonds is 1. The van der Waals surface area contributed by atoms with Crippen molar-refractivity contribution in [2.24, 2.45) is 5.92 Å². The third kappa shape index (κ3) is 1.07. The van der Waals surface area contributed by atoms with Gasteiger partial charge in [-0.25, -0.2) is 0 Å². The van der Waals surface area contributed by atoms with Gasteiger partial charge < -0.3 is 0 Å². The Balaban J connectivity index is 2.10. The van der Waals surface area contributed by atoms with E-state index >= 15 is 0 Å². The molecule has 0 radical (unpaired) electrons. The van der Waals surface area contributed by atoms with Crippen LogP contribution in [0.2, 0.25) is 0 Å². The van der Waals surface area contributed by atoms with Crippen LogP contribution in [0.1, 0.15) is 12.8 Å². The molecule has 0 bridgehead atoms. The first kappa shape index (κ1) is 5.98. The Morgan fingerprint density at radius 1 is 1.50 bits per heavy atom. The van der Waals surface area contributed by atoms with Crippen LogP contribution in [0.25, 0.3) is 0 Å². The van der Waals surface area contributed by atoms with E-state index in [-0.39, 0.29) is 0 Å². The van der Waals surface area contributed by atoms with Gasteiger partial charge in [-0.3, -0.25) is 10.3 Å². The molecule has 0 aromatic rings. The predicted octanol–water partition coefficient (Wildman–Crippen LogP) is 1.54. The minimum absolute atomic E-state index is 0.635. The van der Waals surface area contributed by atoms with Crippen molar-refractivity contribution in [2.45, 2.75) is 12.8 Å². The molecule has 54 valence electrons. The molecule has 0 unspecified atom stereocenters. The standard InChI is InChI=1S/C8H11NO/c10-9-5-1-2-8(6-9)7-3-4-7/h1-2,6-7,10H,3-5H2. The number of allylic oxidation sites excluding steroid dienone is 2. The smallest absolute Gasteiger partial charge is 0.0630 e. The number of hydrogen-bond acceptors (Lipinski definition) is 2. The van der Waals surface area contributed by atoms with E-state index in [2.05, 4.69) is 6.08 Å². The largest absolute Gasteiger partial charge is 0.289 e. The molecule has 2 heteroatoms. The van der Waals surface area contributed by atoms with Gasteiger partial charge in [-0.05, 0) is 24.3 Å². The summed E-state index contributed by atoms with van der Waals surface area (Å²) in [5, 5.41) is 10.3. The summed E-state index contributed by atoms with van der Waals surface area (Å²) in [5.74, 6) is 0.742. The molecule has 2 rings (SSSR count). The maximum absolute atomic E-state index is 9.06. The highest BCUT2D eigenvalue weighted by Gasteiger charge is 2.25. The maximum Gasteiger partial charge on any atom is 0.0630 e. The number of hydroxylamine groups is 2. The Bertz CT molecular complexity index is 191. The monoisotopic (exact) mass is 137 g/mol. The molecule has 0 atom stereocenters. The average molecular weight is 137 g/mol. The number of nitrogens with zero attached hydrogens (tertiary/aromatic N) is 1. The van der Waals surface area contributed by atoms with Crippen LogP contribution in [0.5, 0.6) is 0 Å². The van der Waals surface area contributed by atoms with Gasteiger partial charge in [0, 0.05) is 6.20 Å². The Labute approximate surface area is 60.4 Å². The molecule has 0 aromatic heterocycles. The zero-order valence-electron chi connectivity index (χ0n) is 5.83. The molecule has 2 aliphatic rings. The van der Waals surface area contributed by atoms with Crippen molar-refractivity contribution in [1.82, 2.24) is 5.06 Å². The Hall–Kier alpha value is -0.760. The Morgan fingerprint density at radius 2 is 2.30 bits per heavy atom. The minimum Gasteiger partial charge on any atom is -0.289 e. The second-order valence-corrected chi connectivity index (χ2v) is 2.93. The lowest BCUT2D eigenvalue weighted by Crippen LogP contribution is -2.15. The molecule has 1 fully saturated rings. The van der Waals surface area contributed by atoms with Crippen molar-refractivity contribution in [3.8, 4) is 0 Å². The molecule has 1 aliphatic carbocycles. The third-order valence-corrected chi connectivity index (χ3v) is 1.95. The summed E-state index contributed by atoms with van der Waals surface area (Å²) in [6, 6.07) is 0. The normalized spacial score (nSPS) is 24.9. The van der Waals surface area contributed by atoms with Gasteiger partial charge in [0.1, 0.15) is 0 Å². The van der Waals surface area contributed by atoms with Gasteiger partial charge in [0.25, 0.3) is 0 Å². The lowest BCUT2D eigenvalue weighted by atomic mass is 10.1. The highest BCUT2D eigenvalue weighted by atomic mass is 16.5. The summed E-state index contributed by atoms with van der Waals surface area (Å²) in [7, 11) is 0. The molecule has 10 heavy (non-hydrogen) atoms. The van der Waals surface area contributed by atoms with E-state index in [9.17, 15) is 0 Å². The average Bonchev–Trinajstić information content (AvgIpc) is 2.68. The molecule has 1 saturated carbocycles.